The van der Waals surface area contributed by atoms with Gasteiger partial charge in [0.25, 0.3) is 0 Å². The highest BCUT2D eigenvalue weighted by atomic mass is 35.5. The fraction of sp³-hybridized carbons (Fsp3) is 0.500. The average molecular weight is 393 g/mol. The molecule has 0 aromatic heterocycles. The molecule has 1 aromatic carbocycles. The van der Waals surface area contributed by atoms with Crippen LogP contribution in [0.1, 0.15) is 19.3 Å². The molecular weight excluding hydrogens is 374 g/mol. The molecule has 9 heteroatoms. The summed E-state index contributed by atoms with van der Waals surface area (Å²) >= 11 is 7.06. The third-order valence-corrected chi connectivity index (χ3v) is 4.81. The fourth-order valence-electron chi connectivity index (χ4n) is 2.43. The number of ether oxygens (including phenoxy) is 1. The number of amides is 2. The molecular formula is C16H19ClF2N2O3S. The van der Waals surface area contributed by atoms with Crippen molar-refractivity contribution < 1.29 is 23.1 Å². The standard InChI is InChI=1S/C16H19ClF2N2O3S/c17-12-8-11(4-5-13(12)24-16(18)19)20-14(22)9-25-10-15(23)21-6-2-1-3-7-21/h4-5,8,16H,1-3,6-7,9-10H2,(H,20,22). The summed E-state index contributed by atoms with van der Waals surface area (Å²) in [7, 11) is 0. The van der Waals surface area contributed by atoms with Crippen LogP contribution < -0.4 is 10.1 Å². The Morgan fingerprint density at radius 1 is 1.24 bits per heavy atom. The van der Waals surface area contributed by atoms with E-state index < -0.39 is 6.61 Å². The van der Waals surface area contributed by atoms with E-state index in [1.54, 1.807) is 0 Å². The van der Waals surface area contributed by atoms with Crippen molar-refractivity contribution in [2.45, 2.75) is 25.9 Å². The van der Waals surface area contributed by atoms with Gasteiger partial charge in [0.2, 0.25) is 11.8 Å². The van der Waals surface area contributed by atoms with Crippen molar-refractivity contribution in [2.75, 3.05) is 29.9 Å². The Labute approximate surface area is 154 Å². The van der Waals surface area contributed by atoms with Crippen LogP contribution in [-0.2, 0) is 9.59 Å². The largest absolute Gasteiger partial charge is 0.433 e. The Morgan fingerprint density at radius 3 is 2.60 bits per heavy atom. The molecule has 0 unspecified atom stereocenters. The Morgan fingerprint density at radius 2 is 1.96 bits per heavy atom. The van der Waals surface area contributed by atoms with Crippen LogP contribution in [0.4, 0.5) is 14.5 Å². The van der Waals surface area contributed by atoms with Crippen LogP contribution in [0.2, 0.25) is 5.02 Å². The van der Waals surface area contributed by atoms with E-state index in [-0.39, 0.29) is 34.1 Å². The first-order valence-electron chi connectivity index (χ1n) is 7.85. The highest BCUT2D eigenvalue weighted by Gasteiger charge is 2.17. The molecule has 2 rings (SSSR count). The number of piperidine rings is 1. The lowest BCUT2D eigenvalue weighted by atomic mass is 10.1. The second-order valence-electron chi connectivity index (χ2n) is 5.51. The molecule has 25 heavy (non-hydrogen) atoms. The number of carbonyl (C=O) groups is 2. The highest BCUT2D eigenvalue weighted by molar-refractivity contribution is 8.00. The SMILES string of the molecule is O=C(CSCC(=O)N1CCCCC1)Nc1ccc(OC(F)F)c(Cl)c1. The third kappa shape index (κ3) is 6.70. The van der Waals surface area contributed by atoms with Gasteiger partial charge in [-0.15, -0.1) is 11.8 Å². The quantitative estimate of drug-likeness (QED) is 0.769. The lowest BCUT2D eigenvalue weighted by molar-refractivity contribution is -0.129. The van der Waals surface area contributed by atoms with Gasteiger partial charge in [-0.3, -0.25) is 9.59 Å². The Balaban J connectivity index is 1.74. The lowest BCUT2D eigenvalue weighted by Gasteiger charge is -2.26. The van der Waals surface area contributed by atoms with E-state index in [2.05, 4.69) is 10.1 Å². The summed E-state index contributed by atoms with van der Waals surface area (Å²) in [5.74, 6) is -0.0257. The molecule has 0 atom stereocenters. The number of thioether (sulfide) groups is 1. The molecule has 1 heterocycles. The van der Waals surface area contributed by atoms with Crippen molar-refractivity contribution >= 4 is 40.9 Å². The van der Waals surface area contributed by atoms with Gasteiger partial charge in [-0.2, -0.15) is 8.78 Å². The second-order valence-corrected chi connectivity index (χ2v) is 6.90. The van der Waals surface area contributed by atoms with Crippen LogP contribution in [0.25, 0.3) is 0 Å². The zero-order valence-electron chi connectivity index (χ0n) is 13.5. The molecule has 1 saturated heterocycles. The van der Waals surface area contributed by atoms with Crippen LogP contribution in [0.5, 0.6) is 5.75 Å². The minimum Gasteiger partial charge on any atom is -0.433 e. The van der Waals surface area contributed by atoms with Crippen molar-refractivity contribution in [3.05, 3.63) is 23.2 Å². The first-order valence-corrected chi connectivity index (χ1v) is 9.38. The number of carbonyl (C=O) groups excluding carboxylic acids is 2. The molecule has 1 fully saturated rings. The fourth-order valence-corrected chi connectivity index (χ4v) is 3.37. The molecule has 1 aromatic rings. The molecule has 1 N–H and O–H groups in total. The van der Waals surface area contributed by atoms with Gasteiger partial charge in [-0.05, 0) is 37.5 Å². The van der Waals surface area contributed by atoms with Crippen LogP contribution >= 0.6 is 23.4 Å². The van der Waals surface area contributed by atoms with E-state index in [9.17, 15) is 18.4 Å². The smallest absolute Gasteiger partial charge is 0.387 e. The van der Waals surface area contributed by atoms with Gasteiger partial charge in [0.1, 0.15) is 5.75 Å². The Bertz CT molecular complexity index is 613. The average Bonchev–Trinajstić information content (AvgIpc) is 2.57. The Hall–Kier alpha value is -1.54. The van der Waals surface area contributed by atoms with Crippen molar-refractivity contribution in [3.8, 4) is 5.75 Å². The minimum absolute atomic E-state index is 0.0222. The maximum absolute atomic E-state index is 12.2. The lowest BCUT2D eigenvalue weighted by Crippen LogP contribution is -2.37. The molecule has 0 spiro atoms. The van der Waals surface area contributed by atoms with E-state index in [1.165, 1.54) is 30.0 Å². The van der Waals surface area contributed by atoms with Crippen molar-refractivity contribution in [3.63, 3.8) is 0 Å². The highest BCUT2D eigenvalue weighted by Crippen LogP contribution is 2.29. The van der Waals surface area contributed by atoms with E-state index in [1.807, 2.05) is 4.90 Å². The predicted molar refractivity (Wildman–Crippen MR) is 94.5 cm³/mol. The van der Waals surface area contributed by atoms with Crippen LogP contribution in [0, 0.1) is 0 Å². The van der Waals surface area contributed by atoms with E-state index in [0.717, 1.165) is 32.4 Å². The molecule has 0 bridgehead atoms. The third-order valence-electron chi connectivity index (χ3n) is 3.60. The molecule has 1 aliphatic heterocycles. The number of nitrogens with one attached hydrogen (secondary N) is 1. The van der Waals surface area contributed by atoms with Gasteiger partial charge in [0.05, 0.1) is 16.5 Å². The van der Waals surface area contributed by atoms with Gasteiger partial charge in [0.15, 0.2) is 0 Å². The molecule has 0 aliphatic carbocycles. The van der Waals surface area contributed by atoms with Crippen molar-refractivity contribution in [1.82, 2.24) is 4.90 Å². The van der Waals surface area contributed by atoms with Crippen LogP contribution in [-0.4, -0.2) is 47.9 Å². The number of likely N-dealkylation sites (tertiary alicyclic amines) is 1. The summed E-state index contributed by atoms with van der Waals surface area (Å²) in [5.41, 5.74) is 0.375. The summed E-state index contributed by atoms with van der Waals surface area (Å²) < 4.78 is 28.6. The first-order chi connectivity index (χ1) is 12.0. The number of anilines is 1. The van der Waals surface area contributed by atoms with E-state index in [4.69, 9.17) is 11.6 Å². The second kappa shape index (κ2) is 9.82. The maximum Gasteiger partial charge on any atom is 0.387 e. The zero-order valence-corrected chi connectivity index (χ0v) is 15.0. The van der Waals surface area contributed by atoms with Gasteiger partial charge in [0, 0.05) is 18.8 Å². The molecule has 5 nitrogen and oxygen atoms in total. The topological polar surface area (TPSA) is 58.6 Å². The van der Waals surface area contributed by atoms with Crippen LogP contribution in [0.15, 0.2) is 18.2 Å². The molecule has 1 aliphatic rings. The molecule has 2 amide bonds. The summed E-state index contributed by atoms with van der Waals surface area (Å²) in [4.78, 5) is 25.7. The number of alkyl halides is 2. The Kier molecular flexibility index (Phi) is 7.77. The number of benzene rings is 1. The molecule has 0 radical (unpaired) electrons. The number of nitrogens with zero attached hydrogens (tertiary/aromatic N) is 1. The monoisotopic (exact) mass is 392 g/mol. The normalized spacial score (nSPS) is 14.5. The molecule has 0 saturated carbocycles. The van der Waals surface area contributed by atoms with Crippen molar-refractivity contribution in [2.24, 2.45) is 0 Å². The summed E-state index contributed by atoms with van der Waals surface area (Å²) in [5, 5.41) is 2.58. The van der Waals surface area contributed by atoms with Gasteiger partial charge < -0.3 is 15.0 Å². The molecule has 138 valence electrons. The summed E-state index contributed by atoms with van der Waals surface area (Å²) in [6, 6.07) is 4.02. The summed E-state index contributed by atoms with van der Waals surface area (Å²) in [6.45, 7) is -1.39. The maximum atomic E-state index is 12.2. The predicted octanol–water partition coefficient (Wildman–Crippen LogP) is 3.63. The number of hydrogen-bond donors (Lipinski definition) is 1. The number of halogens is 3. The number of rotatable bonds is 7. The minimum atomic E-state index is -2.97. The van der Waals surface area contributed by atoms with Crippen molar-refractivity contribution in [1.29, 1.82) is 0 Å². The van der Waals surface area contributed by atoms with Gasteiger partial charge >= 0.3 is 6.61 Å². The number of hydrogen-bond acceptors (Lipinski definition) is 4. The summed E-state index contributed by atoms with van der Waals surface area (Å²) in [6.07, 6.45) is 3.22. The van der Waals surface area contributed by atoms with E-state index >= 15 is 0 Å². The van der Waals surface area contributed by atoms with Gasteiger partial charge in [-0.25, -0.2) is 0 Å². The first kappa shape index (κ1) is 19.8. The van der Waals surface area contributed by atoms with Gasteiger partial charge in [-0.1, -0.05) is 11.6 Å². The zero-order chi connectivity index (χ0) is 18.2. The van der Waals surface area contributed by atoms with E-state index in [0.29, 0.717) is 5.69 Å². The van der Waals surface area contributed by atoms with Crippen LogP contribution in [0.3, 0.4) is 0 Å².